The van der Waals surface area contributed by atoms with E-state index in [9.17, 15) is 26.4 Å². The zero-order valence-electron chi connectivity index (χ0n) is 20.6. The van der Waals surface area contributed by atoms with Crippen LogP contribution < -0.4 is 14.0 Å². The summed E-state index contributed by atoms with van der Waals surface area (Å²) >= 11 is 15.4. The fourth-order valence-corrected chi connectivity index (χ4v) is 3.78. The zero-order chi connectivity index (χ0) is 29.1. The van der Waals surface area contributed by atoms with Crippen molar-refractivity contribution in [2.24, 2.45) is 0 Å². The van der Waals surface area contributed by atoms with Gasteiger partial charge in [-0.1, -0.05) is 11.6 Å². The van der Waals surface area contributed by atoms with Gasteiger partial charge in [-0.2, -0.15) is 26.9 Å². The lowest BCUT2D eigenvalue weighted by atomic mass is 10.0. The van der Waals surface area contributed by atoms with Gasteiger partial charge >= 0.3 is 15.6 Å². The maximum absolute atomic E-state index is 13.2. The third kappa shape index (κ3) is 9.39. The standard InChI is InChI=1S/C20H20ClF3N2O5S.C2H3N.CH2Cl2/c1-13-11-16(26-7-9-30-10-8-26)12-17(31-32(28,29)20(22,23)24)18(13)19(27)25(2)15-5-3-14(21)4-6-15;1-2-3;2-1-3/h3-6,11-12H,7-10H2,1-2H3;1H3;1H2. The maximum Gasteiger partial charge on any atom is 0.534 e. The molecule has 2 aromatic carbocycles. The van der Waals surface area contributed by atoms with Gasteiger partial charge in [0.1, 0.15) is 0 Å². The van der Waals surface area contributed by atoms with E-state index in [0.29, 0.717) is 42.7 Å². The third-order valence-corrected chi connectivity index (χ3v) is 6.09. The van der Waals surface area contributed by atoms with E-state index in [1.165, 1.54) is 25.8 Å². The number of alkyl halides is 5. The number of carbonyl (C=O) groups excluding carboxylic acids is 1. The van der Waals surface area contributed by atoms with Crippen molar-refractivity contribution in [3.05, 3.63) is 52.5 Å². The molecule has 0 unspecified atom stereocenters. The number of anilines is 2. The van der Waals surface area contributed by atoms with E-state index >= 15 is 0 Å². The largest absolute Gasteiger partial charge is 0.534 e. The number of ether oxygens (including phenoxy) is 1. The molecule has 1 fully saturated rings. The fraction of sp³-hybridized carbons (Fsp3) is 0.391. The molecule has 38 heavy (non-hydrogen) atoms. The summed E-state index contributed by atoms with van der Waals surface area (Å²) in [5.41, 5.74) is -4.87. The van der Waals surface area contributed by atoms with Crippen LogP contribution in [-0.4, -0.2) is 58.5 Å². The topological polar surface area (TPSA) is 99.9 Å². The molecule has 0 spiro atoms. The second-order valence-electron chi connectivity index (χ2n) is 7.38. The summed E-state index contributed by atoms with van der Waals surface area (Å²) in [5.74, 6) is -1.44. The van der Waals surface area contributed by atoms with Crippen LogP contribution in [0.4, 0.5) is 24.5 Å². The monoisotopic (exact) mass is 617 g/mol. The Kier molecular flexibility index (Phi) is 13.5. The molecule has 3 rings (SSSR count). The average molecular weight is 619 g/mol. The average Bonchev–Trinajstić information content (AvgIpc) is 2.84. The molecule has 2 aromatic rings. The number of halogens is 6. The van der Waals surface area contributed by atoms with Gasteiger partial charge in [0, 0.05) is 49.5 Å². The first-order valence-corrected chi connectivity index (χ1v) is 13.5. The fourth-order valence-electron chi connectivity index (χ4n) is 3.20. The van der Waals surface area contributed by atoms with E-state index in [-0.39, 0.29) is 16.5 Å². The summed E-state index contributed by atoms with van der Waals surface area (Å²) in [6, 6.07) is 10.7. The Morgan fingerprint density at radius 1 is 1.18 bits per heavy atom. The van der Waals surface area contributed by atoms with Crippen LogP contribution in [0.1, 0.15) is 22.8 Å². The molecule has 8 nitrogen and oxygen atoms in total. The highest BCUT2D eigenvalue weighted by Crippen LogP contribution is 2.35. The van der Waals surface area contributed by atoms with Gasteiger partial charge in [0.25, 0.3) is 5.91 Å². The molecule has 0 N–H and O–H groups in total. The first-order valence-electron chi connectivity index (χ1n) is 10.7. The molecule has 0 bridgehead atoms. The maximum atomic E-state index is 13.2. The van der Waals surface area contributed by atoms with Crippen LogP contribution in [0.5, 0.6) is 5.75 Å². The van der Waals surface area contributed by atoms with E-state index in [2.05, 4.69) is 4.18 Å². The molecule has 210 valence electrons. The third-order valence-electron chi connectivity index (χ3n) is 4.88. The predicted molar refractivity (Wildman–Crippen MR) is 142 cm³/mol. The van der Waals surface area contributed by atoms with Gasteiger partial charge in [0.15, 0.2) is 5.75 Å². The second kappa shape index (κ2) is 15.2. The number of morpholine rings is 1. The molecule has 0 radical (unpaired) electrons. The highest BCUT2D eigenvalue weighted by atomic mass is 35.5. The summed E-state index contributed by atoms with van der Waals surface area (Å²) in [4.78, 5) is 16.2. The Labute approximate surface area is 234 Å². The molecule has 1 aliphatic rings. The lowest BCUT2D eigenvalue weighted by Gasteiger charge is -2.30. The van der Waals surface area contributed by atoms with Crippen LogP contribution in [0.15, 0.2) is 36.4 Å². The molecule has 1 amide bonds. The van der Waals surface area contributed by atoms with Crippen molar-refractivity contribution in [3.63, 3.8) is 0 Å². The number of rotatable bonds is 5. The molecule has 0 aliphatic carbocycles. The van der Waals surface area contributed by atoms with Gasteiger partial charge < -0.3 is 18.7 Å². The highest BCUT2D eigenvalue weighted by molar-refractivity contribution is 7.88. The van der Waals surface area contributed by atoms with Gasteiger partial charge in [0.05, 0.1) is 30.2 Å². The Morgan fingerprint density at radius 2 is 1.68 bits per heavy atom. The molecule has 0 atom stereocenters. The van der Waals surface area contributed by atoms with Crippen molar-refractivity contribution < 1.29 is 35.3 Å². The molecule has 1 saturated heterocycles. The summed E-state index contributed by atoms with van der Waals surface area (Å²) in [7, 11) is -4.59. The molecule has 0 aromatic heterocycles. The lowest BCUT2D eigenvalue weighted by Crippen LogP contribution is -2.36. The van der Waals surface area contributed by atoms with Gasteiger partial charge in [-0.25, -0.2) is 0 Å². The Morgan fingerprint density at radius 3 is 2.16 bits per heavy atom. The van der Waals surface area contributed by atoms with Crippen molar-refractivity contribution in [1.29, 1.82) is 5.26 Å². The minimum Gasteiger partial charge on any atom is -0.378 e. The van der Waals surface area contributed by atoms with E-state index in [0.717, 1.165) is 6.07 Å². The van der Waals surface area contributed by atoms with Gasteiger partial charge in [-0.3, -0.25) is 4.79 Å². The van der Waals surface area contributed by atoms with Crippen molar-refractivity contribution in [3.8, 4) is 11.8 Å². The van der Waals surface area contributed by atoms with E-state index in [1.807, 2.05) is 0 Å². The van der Waals surface area contributed by atoms with Crippen molar-refractivity contribution in [1.82, 2.24) is 0 Å². The predicted octanol–water partition coefficient (Wildman–Crippen LogP) is 5.94. The number of benzene rings is 2. The van der Waals surface area contributed by atoms with E-state index < -0.39 is 27.3 Å². The van der Waals surface area contributed by atoms with Gasteiger partial charge in [0.2, 0.25) is 0 Å². The molecule has 1 aliphatic heterocycles. The summed E-state index contributed by atoms with van der Waals surface area (Å²) < 4.78 is 72.3. The smallest absolute Gasteiger partial charge is 0.378 e. The normalized spacial score (nSPS) is 13.2. The molecule has 15 heteroatoms. The number of hydrogen-bond donors (Lipinski definition) is 0. The number of carbonyl (C=O) groups is 1. The quantitative estimate of drug-likeness (QED) is 0.232. The van der Waals surface area contributed by atoms with Crippen LogP contribution in [0.2, 0.25) is 5.02 Å². The highest BCUT2D eigenvalue weighted by Gasteiger charge is 2.49. The van der Waals surface area contributed by atoms with Gasteiger partial charge in [-0.15, -0.1) is 23.2 Å². The van der Waals surface area contributed by atoms with Crippen molar-refractivity contribution in [2.75, 3.05) is 48.5 Å². The van der Waals surface area contributed by atoms with Crippen LogP contribution in [0, 0.1) is 18.3 Å². The first kappa shape index (κ1) is 33.6. The second-order valence-corrected chi connectivity index (χ2v) is 10.2. The first-order chi connectivity index (χ1) is 17.7. The van der Waals surface area contributed by atoms with Crippen LogP contribution in [0.25, 0.3) is 0 Å². The number of amides is 1. The van der Waals surface area contributed by atoms with Crippen LogP contribution >= 0.6 is 34.8 Å². The van der Waals surface area contributed by atoms with E-state index in [4.69, 9.17) is 44.8 Å². The molecular formula is C23H25Cl3F3N3O5S. The lowest BCUT2D eigenvalue weighted by molar-refractivity contribution is -0.0500. The van der Waals surface area contributed by atoms with Gasteiger partial charge in [-0.05, 0) is 42.8 Å². The number of nitrogens with zero attached hydrogens (tertiary/aromatic N) is 3. The Balaban J connectivity index is 0.00000110. The van der Waals surface area contributed by atoms with Crippen LogP contribution in [0.3, 0.4) is 0 Å². The number of aryl methyl sites for hydroxylation is 1. The SMILES string of the molecule is CC#N.Cc1cc(N2CCOCC2)cc(OS(=O)(=O)C(F)(F)F)c1C(=O)N(C)c1ccc(Cl)cc1.ClCCl. The Bertz CT molecular complexity index is 1220. The minimum atomic E-state index is -6.00. The van der Waals surface area contributed by atoms with Crippen molar-refractivity contribution in [2.45, 2.75) is 19.4 Å². The van der Waals surface area contributed by atoms with Crippen molar-refractivity contribution >= 4 is 62.2 Å². The summed E-state index contributed by atoms with van der Waals surface area (Å²) in [6.07, 6.45) is 0. The zero-order valence-corrected chi connectivity index (χ0v) is 23.6. The molecule has 1 heterocycles. The summed E-state index contributed by atoms with van der Waals surface area (Å²) in [5, 5.41) is 7.95. The Hall–Kier alpha value is -2.43. The van der Waals surface area contributed by atoms with Crippen LogP contribution in [-0.2, 0) is 14.9 Å². The molecular weight excluding hydrogens is 594 g/mol. The number of hydrogen-bond acceptors (Lipinski definition) is 7. The summed E-state index contributed by atoms with van der Waals surface area (Å²) in [6.45, 7) is 4.62. The number of nitriles is 1. The minimum absolute atomic E-state index is 0.194. The molecule has 0 saturated carbocycles. The van der Waals surface area contributed by atoms with E-state index in [1.54, 1.807) is 41.3 Å².